The van der Waals surface area contributed by atoms with Gasteiger partial charge in [-0.1, -0.05) is 18.2 Å². The summed E-state index contributed by atoms with van der Waals surface area (Å²) in [5, 5.41) is 12.8. The summed E-state index contributed by atoms with van der Waals surface area (Å²) in [4.78, 5) is 28.2. The van der Waals surface area contributed by atoms with Crippen LogP contribution in [-0.4, -0.2) is 33.2 Å². The van der Waals surface area contributed by atoms with Crippen LogP contribution in [0.5, 0.6) is 5.75 Å². The number of phenolic OH excluding ortho intramolecular Hbond substituents is 1. The summed E-state index contributed by atoms with van der Waals surface area (Å²) in [5.41, 5.74) is 7.94. The molecule has 0 radical (unpaired) electrons. The number of hydrogen-bond acceptors (Lipinski definition) is 6. The second-order valence-electron chi connectivity index (χ2n) is 6.45. The van der Waals surface area contributed by atoms with E-state index in [-0.39, 0.29) is 23.4 Å². The van der Waals surface area contributed by atoms with Gasteiger partial charge in [0.05, 0.1) is 6.04 Å². The molecule has 0 aliphatic carbocycles. The van der Waals surface area contributed by atoms with E-state index in [1.165, 1.54) is 0 Å². The molecule has 1 fully saturated rings. The van der Waals surface area contributed by atoms with Crippen LogP contribution in [-0.2, 0) is 11.3 Å². The van der Waals surface area contributed by atoms with Crippen molar-refractivity contribution >= 4 is 5.91 Å². The number of amides is 1. The number of nitrogens with zero attached hydrogens (tertiary/aromatic N) is 2. The number of benzene rings is 1. The Labute approximate surface area is 151 Å². The third-order valence-corrected chi connectivity index (χ3v) is 4.51. The summed E-state index contributed by atoms with van der Waals surface area (Å²) in [5.74, 6) is 0.0516. The first-order valence-corrected chi connectivity index (χ1v) is 8.57. The van der Waals surface area contributed by atoms with Crippen molar-refractivity contribution in [3.05, 3.63) is 57.8 Å². The number of hydrogen-bond donors (Lipinski definition) is 4. The lowest BCUT2D eigenvalue weighted by molar-refractivity contribution is -0.122. The lowest BCUT2D eigenvalue weighted by Gasteiger charge is -2.13. The van der Waals surface area contributed by atoms with Crippen molar-refractivity contribution in [2.45, 2.75) is 38.9 Å². The molecule has 1 aromatic carbocycles. The maximum Gasteiger partial charge on any atom is 0.348 e. The second kappa shape index (κ2) is 7.67. The Kier molecular flexibility index (Phi) is 5.34. The molecule has 8 heteroatoms. The normalized spacial score (nSPS) is 19.5. The van der Waals surface area contributed by atoms with Gasteiger partial charge in [-0.15, -0.1) is 0 Å². The number of carbonyl (C=O) groups excluding carboxylic acids is 1. The molecule has 1 amide bonds. The summed E-state index contributed by atoms with van der Waals surface area (Å²) in [6.45, 7) is 4.33. The second-order valence-corrected chi connectivity index (χ2v) is 6.45. The van der Waals surface area contributed by atoms with Gasteiger partial charge in [0.2, 0.25) is 5.91 Å². The molecule has 4 N–H and O–H groups in total. The molecule has 8 nitrogen and oxygen atoms in total. The van der Waals surface area contributed by atoms with Gasteiger partial charge in [0.15, 0.2) is 0 Å². The zero-order valence-corrected chi connectivity index (χ0v) is 14.8. The van der Waals surface area contributed by atoms with Crippen LogP contribution < -0.4 is 21.9 Å². The first-order chi connectivity index (χ1) is 12.5. The minimum absolute atomic E-state index is 0.141. The monoisotopic (exact) mass is 357 g/mol. The molecule has 2 heterocycles. The van der Waals surface area contributed by atoms with Crippen molar-refractivity contribution in [1.29, 1.82) is 0 Å². The quantitative estimate of drug-likeness (QED) is 0.613. The fraction of sp³-hybridized carbons (Fsp3) is 0.389. The standard InChI is InChI=1S/C18H23N5O3/c1-11-9-12(2)23(18(26)20-11)8-7-19-17(25)15-10-14(21-22-15)13-5-3-4-6-16(13)24/h3-6,9,14-15,21-22,24H,7-8,10H2,1-2H3,(H,19,25). The summed E-state index contributed by atoms with van der Waals surface area (Å²) in [7, 11) is 0. The molecule has 138 valence electrons. The highest BCUT2D eigenvalue weighted by molar-refractivity contribution is 5.82. The molecule has 1 aromatic heterocycles. The molecule has 2 unspecified atom stereocenters. The molecule has 0 saturated carbocycles. The Balaban J connectivity index is 1.54. The van der Waals surface area contributed by atoms with Crippen LogP contribution >= 0.6 is 0 Å². The minimum atomic E-state index is -0.409. The Bertz CT molecular complexity index is 864. The Morgan fingerprint density at radius 1 is 1.35 bits per heavy atom. The number of phenols is 1. The van der Waals surface area contributed by atoms with E-state index in [1.807, 2.05) is 25.1 Å². The number of rotatable bonds is 5. The van der Waals surface area contributed by atoms with Gasteiger partial charge < -0.3 is 10.4 Å². The lowest BCUT2D eigenvalue weighted by atomic mass is 10.0. The highest BCUT2D eigenvalue weighted by Gasteiger charge is 2.31. The average Bonchev–Trinajstić information content (AvgIpc) is 3.07. The van der Waals surface area contributed by atoms with E-state index in [0.29, 0.717) is 25.2 Å². The van der Waals surface area contributed by atoms with E-state index in [4.69, 9.17) is 0 Å². The molecular weight excluding hydrogens is 334 g/mol. The summed E-state index contributed by atoms with van der Waals surface area (Å²) < 4.78 is 1.54. The molecular formula is C18H23N5O3. The molecule has 3 rings (SSSR count). The van der Waals surface area contributed by atoms with Gasteiger partial charge >= 0.3 is 5.69 Å². The Morgan fingerprint density at radius 2 is 2.12 bits per heavy atom. The number of carbonyl (C=O) groups is 1. The van der Waals surface area contributed by atoms with E-state index in [1.54, 1.807) is 23.6 Å². The van der Waals surface area contributed by atoms with E-state index >= 15 is 0 Å². The molecule has 1 aliphatic rings. The van der Waals surface area contributed by atoms with Crippen molar-refractivity contribution in [2.75, 3.05) is 6.54 Å². The SMILES string of the molecule is Cc1cc(C)n(CCNC(=O)C2CC(c3ccccc3O)NN2)c(=O)n1. The van der Waals surface area contributed by atoms with Crippen LogP contribution in [0.2, 0.25) is 0 Å². The van der Waals surface area contributed by atoms with Gasteiger partial charge in [-0.2, -0.15) is 4.98 Å². The zero-order chi connectivity index (χ0) is 18.7. The highest BCUT2D eigenvalue weighted by atomic mass is 16.3. The number of hydrazine groups is 1. The molecule has 2 atom stereocenters. The predicted molar refractivity (Wildman–Crippen MR) is 96.5 cm³/mol. The summed E-state index contributed by atoms with van der Waals surface area (Å²) in [6, 6.07) is 8.35. The van der Waals surface area contributed by atoms with Crippen LogP contribution in [0, 0.1) is 13.8 Å². The zero-order valence-electron chi connectivity index (χ0n) is 14.8. The van der Waals surface area contributed by atoms with Gasteiger partial charge in [-0.3, -0.25) is 9.36 Å². The first kappa shape index (κ1) is 18.1. The van der Waals surface area contributed by atoms with Crippen LogP contribution in [0.15, 0.2) is 35.1 Å². The largest absolute Gasteiger partial charge is 0.508 e. The van der Waals surface area contributed by atoms with Gasteiger partial charge in [0.1, 0.15) is 11.8 Å². The van der Waals surface area contributed by atoms with Crippen LogP contribution in [0.4, 0.5) is 0 Å². The fourth-order valence-corrected chi connectivity index (χ4v) is 3.17. The summed E-state index contributed by atoms with van der Waals surface area (Å²) >= 11 is 0. The van der Waals surface area contributed by atoms with E-state index < -0.39 is 6.04 Å². The molecule has 26 heavy (non-hydrogen) atoms. The molecule has 1 aliphatic heterocycles. The average molecular weight is 357 g/mol. The van der Waals surface area contributed by atoms with Gasteiger partial charge in [-0.05, 0) is 32.4 Å². The highest BCUT2D eigenvalue weighted by Crippen LogP contribution is 2.28. The lowest BCUT2D eigenvalue weighted by Crippen LogP contribution is -2.44. The van der Waals surface area contributed by atoms with Crippen molar-refractivity contribution in [2.24, 2.45) is 0 Å². The number of para-hydroxylation sites is 1. The summed E-state index contributed by atoms with van der Waals surface area (Å²) in [6.07, 6.45) is 0.522. The molecule has 0 spiro atoms. The first-order valence-electron chi connectivity index (χ1n) is 8.57. The maximum absolute atomic E-state index is 12.3. The number of nitrogens with one attached hydrogen (secondary N) is 3. The van der Waals surface area contributed by atoms with E-state index in [0.717, 1.165) is 11.3 Å². The third-order valence-electron chi connectivity index (χ3n) is 4.51. The number of aromatic nitrogens is 2. The van der Waals surface area contributed by atoms with Crippen molar-refractivity contribution in [3.63, 3.8) is 0 Å². The van der Waals surface area contributed by atoms with Crippen LogP contribution in [0.1, 0.15) is 29.4 Å². The fourth-order valence-electron chi connectivity index (χ4n) is 3.17. The molecule has 1 saturated heterocycles. The van der Waals surface area contributed by atoms with Gasteiger partial charge in [-0.25, -0.2) is 15.6 Å². The Hall–Kier alpha value is -2.71. The van der Waals surface area contributed by atoms with Gasteiger partial charge in [0, 0.05) is 30.0 Å². The molecule has 0 bridgehead atoms. The number of aryl methyl sites for hydroxylation is 2. The number of aromatic hydroxyl groups is 1. The predicted octanol–water partition coefficient (Wildman–Crippen LogP) is 0.290. The minimum Gasteiger partial charge on any atom is -0.508 e. The van der Waals surface area contributed by atoms with E-state index in [9.17, 15) is 14.7 Å². The van der Waals surface area contributed by atoms with Crippen molar-refractivity contribution in [1.82, 2.24) is 25.7 Å². The molecule has 2 aromatic rings. The van der Waals surface area contributed by atoms with E-state index in [2.05, 4.69) is 21.2 Å². The third kappa shape index (κ3) is 3.92. The topological polar surface area (TPSA) is 108 Å². The van der Waals surface area contributed by atoms with Crippen LogP contribution in [0.25, 0.3) is 0 Å². The smallest absolute Gasteiger partial charge is 0.348 e. The Morgan fingerprint density at radius 3 is 2.85 bits per heavy atom. The van der Waals surface area contributed by atoms with Crippen molar-refractivity contribution in [3.8, 4) is 5.75 Å². The van der Waals surface area contributed by atoms with Crippen molar-refractivity contribution < 1.29 is 9.90 Å². The maximum atomic E-state index is 12.3. The van der Waals surface area contributed by atoms with Crippen LogP contribution in [0.3, 0.4) is 0 Å². The van der Waals surface area contributed by atoms with Gasteiger partial charge in [0.25, 0.3) is 0 Å².